The van der Waals surface area contributed by atoms with Crippen molar-refractivity contribution in [3.05, 3.63) is 64.8 Å². The second-order valence-electron chi connectivity index (χ2n) is 5.57. The first-order chi connectivity index (χ1) is 10.3. The lowest BCUT2D eigenvalue weighted by Crippen LogP contribution is -2.45. The molecule has 1 saturated heterocycles. The fraction of sp³-hybridized carbons (Fsp3) is 0.222. The highest BCUT2D eigenvalue weighted by Crippen LogP contribution is 2.42. The third-order valence-electron chi connectivity index (χ3n) is 4.36. The quantitative estimate of drug-likeness (QED) is 0.739. The average molecular weight is 277 g/mol. The Kier molecular flexibility index (Phi) is 2.67. The van der Waals surface area contributed by atoms with Crippen molar-refractivity contribution >= 4 is 17.5 Å². The van der Waals surface area contributed by atoms with Gasteiger partial charge in [-0.15, -0.1) is 0 Å². The molecule has 0 atom stereocenters. The Labute approximate surface area is 123 Å². The van der Waals surface area contributed by atoms with Gasteiger partial charge in [0.05, 0.1) is 5.69 Å². The standard InChI is InChI=1S/C18H15NO2/c20-17-14-10-4-6-12-7-5-11-15(16(12)14)18(21)19(17)13-8-2-1-3-9-13/h1-3,8-11H,4-7H2. The van der Waals surface area contributed by atoms with Crippen LogP contribution in [0.25, 0.3) is 0 Å². The van der Waals surface area contributed by atoms with Gasteiger partial charge in [-0.1, -0.05) is 35.9 Å². The van der Waals surface area contributed by atoms with Crippen molar-refractivity contribution in [3.63, 3.8) is 0 Å². The highest BCUT2D eigenvalue weighted by atomic mass is 16.2. The van der Waals surface area contributed by atoms with Gasteiger partial charge in [-0.05, 0) is 43.4 Å². The van der Waals surface area contributed by atoms with E-state index in [1.165, 1.54) is 10.5 Å². The van der Waals surface area contributed by atoms with Crippen LogP contribution < -0.4 is 4.90 Å². The largest absolute Gasteiger partial charge is 0.268 e. The number of rotatable bonds is 1. The van der Waals surface area contributed by atoms with Crippen LogP contribution in [0.4, 0.5) is 5.69 Å². The molecule has 21 heavy (non-hydrogen) atoms. The summed E-state index contributed by atoms with van der Waals surface area (Å²) in [5, 5.41) is 0. The molecule has 104 valence electrons. The fourth-order valence-corrected chi connectivity index (χ4v) is 3.42. The number of allylic oxidation sites excluding steroid dienone is 3. The summed E-state index contributed by atoms with van der Waals surface area (Å²) in [4.78, 5) is 26.9. The maximum atomic E-state index is 12.8. The molecule has 3 heteroatoms. The number of nitrogens with zero attached hydrogens (tertiary/aromatic N) is 1. The van der Waals surface area contributed by atoms with Gasteiger partial charge in [-0.3, -0.25) is 9.59 Å². The van der Waals surface area contributed by atoms with E-state index >= 15 is 0 Å². The molecule has 1 aromatic carbocycles. The molecule has 0 spiro atoms. The number of amides is 2. The maximum absolute atomic E-state index is 12.8. The smallest absolute Gasteiger partial charge is 0.265 e. The second-order valence-corrected chi connectivity index (χ2v) is 5.57. The molecular weight excluding hydrogens is 262 g/mol. The summed E-state index contributed by atoms with van der Waals surface area (Å²) in [6, 6.07) is 9.18. The summed E-state index contributed by atoms with van der Waals surface area (Å²) in [5.74, 6) is -0.366. The molecular formula is C18H15NO2. The molecule has 0 aromatic heterocycles. The Morgan fingerprint density at radius 1 is 0.810 bits per heavy atom. The second kappa shape index (κ2) is 4.55. The number of imide groups is 1. The van der Waals surface area contributed by atoms with Gasteiger partial charge in [0.15, 0.2) is 0 Å². The molecule has 0 saturated carbocycles. The van der Waals surface area contributed by atoms with E-state index in [-0.39, 0.29) is 11.8 Å². The molecule has 0 unspecified atom stereocenters. The third-order valence-corrected chi connectivity index (χ3v) is 4.36. The summed E-state index contributed by atoms with van der Waals surface area (Å²) in [5.41, 5.74) is 4.27. The molecule has 1 heterocycles. The van der Waals surface area contributed by atoms with Gasteiger partial charge in [0.2, 0.25) is 0 Å². The number of benzene rings is 1. The van der Waals surface area contributed by atoms with Crippen LogP contribution in [0.15, 0.2) is 64.8 Å². The van der Waals surface area contributed by atoms with Crippen molar-refractivity contribution < 1.29 is 9.59 Å². The van der Waals surface area contributed by atoms with Crippen LogP contribution in [-0.4, -0.2) is 11.8 Å². The highest BCUT2D eigenvalue weighted by Gasteiger charge is 2.41. The van der Waals surface area contributed by atoms with Crippen LogP contribution in [0, 0.1) is 0 Å². The number of carbonyl (C=O) groups is 2. The zero-order chi connectivity index (χ0) is 14.4. The van der Waals surface area contributed by atoms with E-state index < -0.39 is 0 Å². The van der Waals surface area contributed by atoms with Crippen molar-refractivity contribution in [2.75, 3.05) is 4.90 Å². The predicted molar refractivity (Wildman–Crippen MR) is 80.6 cm³/mol. The minimum atomic E-state index is -0.183. The number of hydrogen-bond acceptors (Lipinski definition) is 2. The highest BCUT2D eigenvalue weighted by molar-refractivity contribution is 6.32. The van der Waals surface area contributed by atoms with Crippen LogP contribution in [0.1, 0.15) is 25.7 Å². The van der Waals surface area contributed by atoms with Gasteiger partial charge in [-0.2, -0.15) is 0 Å². The number of para-hydroxylation sites is 1. The Hall–Kier alpha value is -2.42. The van der Waals surface area contributed by atoms with Crippen molar-refractivity contribution in [2.45, 2.75) is 25.7 Å². The van der Waals surface area contributed by atoms with E-state index in [1.54, 1.807) is 12.1 Å². The Morgan fingerprint density at radius 2 is 1.38 bits per heavy atom. The molecule has 3 aliphatic rings. The molecule has 2 aliphatic carbocycles. The van der Waals surface area contributed by atoms with Crippen LogP contribution in [0.3, 0.4) is 0 Å². The van der Waals surface area contributed by atoms with Gasteiger partial charge in [0.1, 0.15) is 0 Å². The summed E-state index contributed by atoms with van der Waals surface area (Å²) in [6.45, 7) is 0. The molecule has 3 nitrogen and oxygen atoms in total. The van der Waals surface area contributed by atoms with Gasteiger partial charge < -0.3 is 0 Å². The maximum Gasteiger partial charge on any atom is 0.265 e. The lowest BCUT2D eigenvalue weighted by molar-refractivity contribution is -0.123. The first kappa shape index (κ1) is 12.3. The Balaban J connectivity index is 1.88. The molecule has 4 rings (SSSR count). The van der Waals surface area contributed by atoms with Crippen molar-refractivity contribution in [1.29, 1.82) is 0 Å². The number of carbonyl (C=O) groups excluding carboxylic acids is 2. The topological polar surface area (TPSA) is 37.4 Å². The van der Waals surface area contributed by atoms with E-state index in [0.29, 0.717) is 16.8 Å². The zero-order valence-corrected chi connectivity index (χ0v) is 11.6. The average Bonchev–Trinajstić information content (AvgIpc) is 2.54. The van der Waals surface area contributed by atoms with Gasteiger partial charge in [-0.25, -0.2) is 4.90 Å². The summed E-state index contributed by atoms with van der Waals surface area (Å²) in [7, 11) is 0. The van der Waals surface area contributed by atoms with Crippen molar-refractivity contribution in [2.24, 2.45) is 0 Å². The summed E-state index contributed by atoms with van der Waals surface area (Å²) < 4.78 is 0. The lowest BCUT2D eigenvalue weighted by atomic mass is 9.77. The van der Waals surface area contributed by atoms with Crippen LogP contribution in [-0.2, 0) is 9.59 Å². The van der Waals surface area contributed by atoms with E-state index in [0.717, 1.165) is 31.3 Å². The Morgan fingerprint density at radius 3 is 1.95 bits per heavy atom. The molecule has 1 aromatic rings. The third kappa shape index (κ3) is 1.74. The molecule has 0 bridgehead atoms. The zero-order valence-electron chi connectivity index (χ0n) is 11.6. The molecule has 1 aliphatic heterocycles. The lowest BCUT2D eigenvalue weighted by Gasteiger charge is -2.35. The van der Waals surface area contributed by atoms with Crippen molar-refractivity contribution in [3.8, 4) is 0 Å². The van der Waals surface area contributed by atoms with E-state index in [1.807, 2.05) is 30.4 Å². The van der Waals surface area contributed by atoms with Gasteiger partial charge >= 0.3 is 0 Å². The first-order valence-corrected chi connectivity index (χ1v) is 7.34. The minimum absolute atomic E-state index is 0.183. The number of piperidine rings is 1. The van der Waals surface area contributed by atoms with Crippen molar-refractivity contribution in [1.82, 2.24) is 0 Å². The van der Waals surface area contributed by atoms with E-state index in [9.17, 15) is 9.59 Å². The normalized spacial score (nSPS) is 21.0. The van der Waals surface area contributed by atoms with Gasteiger partial charge in [0, 0.05) is 11.1 Å². The molecule has 1 fully saturated rings. The monoisotopic (exact) mass is 277 g/mol. The van der Waals surface area contributed by atoms with Crippen LogP contribution in [0.5, 0.6) is 0 Å². The minimum Gasteiger partial charge on any atom is -0.268 e. The Bertz CT molecular complexity index is 696. The number of hydrogen-bond donors (Lipinski definition) is 0. The SMILES string of the molecule is O=C1C2=CCCC3=C2C(=CCC3)C(=O)N1c1ccccc1. The van der Waals surface area contributed by atoms with Crippen LogP contribution in [0.2, 0.25) is 0 Å². The fourth-order valence-electron chi connectivity index (χ4n) is 3.42. The summed E-state index contributed by atoms with van der Waals surface area (Å²) in [6.07, 6.45) is 7.71. The predicted octanol–water partition coefficient (Wildman–Crippen LogP) is 3.30. The van der Waals surface area contributed by atoms with Gasteiger partial charge in [0.25, 0.3) is 11.8 Å². The molecule has 0 N–H and O–H groups in total. The molecule has 0 radical (unpaired) electrons. The first-order valence-electron chi connectivity index (χ1n) is 7.34. The number of anilines is 1. The summed E-state index contributed by atoms with van der Waals surface area (Å²) >= 11 is 0. The van der Waals surface area contributed by atoms with E-state index in [4.69, 9.17) is 0 Å². The van der Waals surface area contributed by atoms with Crippen LogP contribution >= 0.6 is 0 Å². The van der Waals surface area contributed by atoms with E-state index in [2.05, 4.69) is 0 Å². The molecule has 2 amide bonds.